The summed E-state index contributed by atoms with van der Waals surface area (Å²) in [7, 11) is 0. The van der Waals surface area contributed by atoms with Crippen LogP contribution in [0.15, 0.2) is 64.4 Å². The Morgan fingerprint density at radius 1 is 1.09 bits per heavy atom. The number of hydrogen-bond acceptors (Lipinski definition) is 6. The summed E-state index contributed by atoms with van der Waals surface area (Å²) in [6, 6.07) is 17.1. The highest BCUT2D eigenvalue weighted by Gasteiger charge is 2.31. The maximum Gasteiger partial charge on any atom is 0.237 e. The van der Waals surface area contributed by atoms with E-state index in [1.807, 2.05) is 24.4 Å². The SMILES string of the molecule is CC(C)c1ccc(-c2noc(CSc3nnc(-c4c[nH]c5ccccc45)n3C3CC3)n2)cc1. The lowest BCUT2D eigenvalue weighted by Gasteiger charge is -2.07. The third-order valence-corrected chi connectivity index (χ3v) is 6.96. The molecule has 3 heterocycles. The van der Waals surface area contributed by atoms with Crippen LogP contribution in [0.4, 0.5) is 0 Å². The third-order valence-electron chi connectivity index (χ3n) is 6.04. The summed E-state index contributed by atoms with van der Waals surface area (Å²) in [5, 5.41) is 15.3. The summed E-state index contributed by atoms with van der Waals surface area (Å²) in [5.41, 5.74) is 4.44. The number of aromatic amines is 1. The van der Waals surface area contributed by atoms with Crippen LogP contribution in [0.1, 0.15) is 50.1 Å². The first-order valence-electron chi connectivity index (χ1n) is 11.2. The Morgan fingerprint density at radius 3 is 2.70 bits per heavy atom. The Morgan fingerprint density at radius 2 is 1.91 bits per heavy atom. The van der Waals surface area contributed by atoms with E-state index in [2.05, 4.69) is 74.1 Å². The first kappa shape index (κ1) is 20.2. The number of hydrogen-bond donors (Lipinski definition) is 1. The Kier molecular flexibility index (Phi) is 5.02. The predicted molar refractivity (Wildman–Crippen MR) is 129 cm³/mol. The largest absolute Gasteiger partial charge is 0.360 e. The summed E-state index contributed by atoms with van der Waals surface area (Å²) in [6.45, 7) is 4.37. The molecule has 1 fully saturated rings. The van der Waals surface area contributed by atoms with Crippen LogP contribution in [-0.2, 0) is 5.75 Å². The Balaban J connectivity index is 1.23. The van der Waals surface area contributed by atoms with E-state index in [1.165, 1.54) is 5.56 Å². The van der Waals surface area contributed by atoms with Gasteiger partial charge in [0, 0.05) is 34.3 Å². The lowest BCUT2D eigenvalue weighted by molar-refractivity contribution is 0.391. The number of H-pyrrole nitrogens is 1. The quantitative estimate of drug-likeness (QED) is 0.292. The van der Waals surface area contributed by atoms with Gasteiger partial charge in [0.15, 0.2) is 11.0 Å². The highest BCUT2D eigenvalue weighted by atomic mass is 32.2. The summed E-state index contributed by atoms with van der Waals surface area (Å²) in [4.78, 5) is 7.94. The molecule has 0 radical (unpaired) electrons. The molecule has 0 amide bonds. The molecule has 1 aliphatic carbocycles. The molecule has 3 aromatic heterocycles. The summed E-state index contributed by atoms with van der Waals surface area (Å²) in [6.07, 6.45) is 4.33. The molecule has 0 unspecified atom stereocenters. The molecule has 0 atom stereocenters. The topological polar surface area (TPSA) is 85.4 Å². The predicted octanol–water partition coefficient (Wildman–Crippen LogP) is 6.23. The van der Waals surface area contributed by atoms with E-state index < -0.39 is 0 Å². The van der Waals surface area contributed by atoms with Crippen molar-refractivity contribution in [1.82, 2.24) is 29.9 Å². The second-order valence-electron chi connectivity index (χ2n) is 8.73. The number of rotatable bonds is 7. The molecule has 166 valence electrons. The smallest absolute Gasteiger partial charge is 0.237 e. The Bertz CT molecular complexity index is 1410. The number of para-hydroxylation sites is 1. The highest BCUT2D eigenvalue weighted by molar-refractivity contribution is 7.98. The van der Waals surface area contributed by atoms with Crippen LogP contribution in [0.2, 0.25) is 0 Å². The Hall–Kier alpha value is -3.39. The molecule has 7 nitrogen and oxygen atoms in total. The van der Waals surface area contributed by atoms with Gasteiger partial charge in [0.25, 0.3) is 0 Å². The van der Waals surface area contributed by atoms with E-state index >= 15 is 0 Å². The fraction of sp³-hybridized carbons (Fsp3) is 0.280. The molecular weight excluding hydrogens is 432 g/mol. The van der Waals surface area contributed by atoms with E-state index in [0.29, 0.717) is 29.4 Å². The van der Waals surface area contributed by atoms with Gasteiger partial charge in [-0.2, -0.15) is 4.98 Å². The fourth-order valence-electron chi connectivity index (χ4n) is 4.05. The van der Waals surface area contributed by atoms with Crippen molar-refractivity contribution in [3.63, 3.8) is 0 Å². The average molecular weight is 457 g/mol. The zero-order valence-corrected chi connectivity index (χ0v) is 19.3. The minimum Gasteiger partial charge on any atom is -0.360 e. The molecule has 1 saturated carbocycles. The van der Waals surface area contributed by atoms with E-state index in [1.54, 1.807) is 11.8 Å². The molecule has 2 aromatic carbocycles. The molecule has 6 rings (SSSR count). The molecule has 5 aromatic rings. The van der Waals surface area contributed by atoms with Gasteiger partial charge in [-0.05, 0) is 30.4 Å². The second-order valence-corrected chi connectivity index (χ2v) is 9.67. The molecule has 1 N–H and O–H groups in total. The second kappa shape index (κ2) is 8.19. The van der Waals surface area contributed by atoms with Crippen molar-refractivity contribution in [1.29, 1.82) is 0 Å². The maximum absolute atomic E-state index is 5.53. The molecular formula is C25H24N6OS. The van der Waals surface area contributed by atoms with Crippen molar-refractivity contribution in [2.24, 2.45) is 0 Å². The lowest BCUT2D eigenvalue weighted by Crippen LogP contribution is -1.99. The first-order valence-corrected chi connectivity index (χ1v) is 12.2. The van der Waals surface area contributed by atoms with Gasteiger partial charge < -0.3 is 9.51 Å². The lowest BCUT2D eigenvalue weighted by atomic mass is 10.0. The molecule has 0 spiro atoms. The van der Waals surface area contributed by atoms with Gasteiger partial charge in [-0.15, -0.1) is 10.2 Å². The number of nitrogens with one attached hydrogen (secondary N) is 1. The van der Waals surface area contributed by atoms with Gasteiger partial charge in [-0.3, -0.25) is 4.57 Å². The van der Waals surface area contributed by atoms with Gasteiger partial charge in [-0.1, -0.05) is 73.2 Å². The molecule has 8 heteroatoms. The summed E-state index contributed by atoms with van der Waals surface area (Å²) >= 11 is 1.59. The van der Waals surface area contributed by atoms with Crippen LogP contribution < -0.4 is 0 Å². The number of aromatic nitrogens is 6. The third kappa shape index (κ3) is 3.84. The number of thioether (sulfide) groups is 1. The van der Waals surface area contributed by atoms with Crippen LogP contribution in [0.3, 0.4) is 0 Å². The van der Waals surface area contributed by atoms with Crippen LogP contribution in [0.5, 0.6) is 0 Å². The summed E-state index contributed by atoms with van der Waals surface area (Å²) in [5.74, 6) is 3.16. The average Bonchev–Trinajstić information content (AvgIpc) is 3.23. The zero-order valence-electron chi connectivity index (χ0n) is 18.5. The molecule has 33 heavy (non-hydrogen) atoms. The van der Waals surface area contributed by atoms with Crippen molar-refractivity contribution in [3.8, 4) is 22.8 Å². The maximum atomic E-state index is 5.53. The fourth-order valence-corrected chi connectivity index (χ4v) is 4.89. The first-order chi connectivity index (χ1) is 16.2. The molecule has 0 aliphatic heterocycles. The molecule has 1 aliphatic rings. The van der Waals surface area contributed by atoms with E-state index in [4.69, 9.17) is 4.52 Å². The van der Waals surface area contributed by atoms with Gasteiger partial charge in [-0.25, -0.2) is 0 Å². The highest BCUT2D eigenvalue weighted by Crippen LogP contribution is 2.42. The monoisotopic (exact) mass is 456 g/mol. The van der Waals surface area contributed by atoms with E-state index in [9.17, 15) is 0 Å². The summed E-state index contributed by atoms with van der Waals surface area (Å²) < 4.78 is 7.79. The molecule has 0 bridgehead atoms. The minimum atomic E-state index is 0.448. The van der Waals surface area contributed by atoms with Crippen LogP contribution in [-0.4, -0.2) is 29.9 Å². The van der Waals surface area contributed by atoms with Crippen molar-refractivity contribution in [3.05, 3.63) is 66.2 Å². The van der Waals surface area contributed by atoms with E-state index in [0.717, 1.165) is 45.9 Å². The minimum absolute atomic E-state index is 0.448. The van der Waals surface area contributed by atoms with Crippen LogP contribution in [0, 0.1) is 0 Å². The van der Waals surface area contributed by atoms with Gasteiger partial charge in [0.2, 0.25) is 11.7 Å². The normalized spacial score (nSPS) is 13.9. The number of nitrogens with zero attached hydrogens (tertiary/aromatic N) is 5. The Labute approximate surface area is 195 Å². The van der Waals surface area contributed by atoms with Gasteiger partial charge in [0.05, 0.1) is 5.75 Å². The van der Waals surface area contributed by atoms with Crippen molar-refractivity contribution in [2.45, 2.75) is 49.6 Å². The van der Waals surface area contributed by atoms with Crippen LogP contribution >= 0.6 is 11.8 Å². The van der Waals surface area contributed by atoms with Crippen molar-refractivity contribution in [2.75, 3.05) is 0 Å². The standard InChI is InChI=1S/C25H24N6OS/c1-15(2)16-7-9-17(10-8-16)23-27-22(32-30-23)14-33-25-29-28-24(31(25)18-11-12-18)20-13-26-21-6-4-3-5-19(20)21/h3-10,13,15,18,26H,11-12,14H2,1-2H3. The van der Waals surface area contributed by atoms with E-state index in [-0.39, 0.29) is 0 Å². The van der Waals surface area contributed by atoms with Crippen molar-refractivity contribution >= 4 is 22.7 Å². The number of fused-ring (bicyclic) bond motifs is 1. The zero-order chi connectivity index (χ0) is 22.4. The van der Waals surface area contributed by atoms with Gasteiger partial charge in [0.1, 0.15) is 0 Å². The van der Waals surface area contributed by atoms with Gasteiger partial charge >= 0.3 is 0 Å². The number of benzene rings is 2. The van der Waals surface area contributed by atoms with Crippen molar-refractivity contribution < 1.29 is 4.52 Å². The van der Waals surface area contributed by atoms with Crippen LogP contribution in [0.25, 0.3) is 33.7 Å². The molecule has 0 saturated heterocycles.